The topological polar surface area (TPSA) is 72.3 Å². The largest absolute Gasteiger partial charge is 0.366 e. The van der Waals surface area contributed by atoms with E-state index in [9.17, 15) is 4.79 Å². The van der Waals surface area contributed by atoms with Gasteiger partial charge in [0, 0.05) is 19.1 Å². The molecule has 1 aromatic rings. The molecular formula is C14H20ClN3O. The molecule has 1 fully saturated rings. The molecule has 0 aromatic heterocycles. The van der Waals surface area contributed by atoms with Gasteiger partial charge in [0.15, 0.2) is 0 Å². The highest BCUT2D eigenvalue weighted by Gasteiger charge is 2.30. The van der Waals surface area contributed by atoms with E-state index >= 15 is 0 Å². The van der Waals surface area contributed by atoms with Crippen LogP contribution in [0.5, 0.6) is 0 Å². The molecule has 4 nitrogen and oxygen atoms in total. The van der Waals surface area contributed by atoms with Crippen molar-refractivity contribution in [3.05, 3.63) is 28.8 Å². The summed E-state index contributed by atoms with van der Waals surface area (Å²) in [6, 6.07) is 5.66. The van der Waals surface area contributed by atoms with Crippen LogP contribution in [0.15, 0.2) is 18.2 Å². The third-order valence-corrected chi connectivity index (χ3v) is 4.22. The summed E-state index contributed by atoms with van der Waals surface area (Å²) < 4.78 is 0. The summed E-state index contributed by atoms with van der Waals surface area (Å²) in [7, 11) is 0. The fourth-order valence-corrected chi connectivity index (χ4v) is 3.17. The lowest BCUT2D eigenvalue weighted by atomic mass is 9.89. The molecule has 0 bridgehead atoms. The quantitative estimate of drug-likeness (QED) is 0.890. The molecule has 1 saturated heterocycles. The zero-order chi connectivity index (χ0) is 14.0. The van der Waals surface area contributed by atoms with Gasteiger partial charge < -0.3 is 16.4 Å². The summed E-state index contributed by atoms with van der Waals surface area (Å²) in [4.78, 5) is 13.8. The molecule has 1 heterocycles. The van der Waals surface area contributed by atoms with Crippen molar-refractivity contribution in [2.75, 3.05) is 18.0 Å². The molecule has 104 valence electrons. The third-order valence-electron chi connectivity index (χ3n) is 3.90. The van der Waals surface area contributed by atoms with Gasteiger partial charge in [-0.05, 0) is 30.9 Å². The number of nitrogens with zero attached hydrogens (tertiary/aromatic N) is 1. The smallest absolute Gasteiger partial charge is 0.252 e. The first-order chi connectivity index (χ1) is 9.06. The number of nitrogens with two attached hydrogens (primary N) is 2. The van der Waals surface area contributed by atoms with Crippen LogP contribution in [0, 0.1) is 5.92 Å². The Morgan fingerprint density at radius 2 is 2.26 bits per heavy atom. The molecule has 4 N–H and O–H groups in total. The van der Waals surface area contributed by atoms with E-state index in [1.165, 1.54) is 0 Å². The second kappa shape index (κ2) is 5.80. The van der Waals surface area contributed by atoms with Crippen LogP contribution in [0.3, 0.4) is 0 Å². The number of hydrogen-bond donors (Lipinski definition) is 2. The van der Waals surface area contributed by atoms with Crippen molar-refractivity contribution >= 4 is 23.2 Å². The maximum atomic E-state index is 11.6. The number of amides is 1. The molecule has 19 heavy (non-hydrogen) atoms. The van der Waals surface area contributed by atoms with Gasteiger partial charge in [-0.25, -0.2) is 0 Å². The normalized spacial score (nSPS) is 23.4. The predicted molar refractivity (Wildman–Crippen MR) is 78.6 cm³/mol. The standard InChI is InChI=1S/C14H20ClN3O/c1-9-4-3-7-18(12(9)8-16)11-6-2-5-10(15)13(11)14(17)19/h2,5-6,9,12H,3-4,7-8,16H2,1H3,(H2,17,19). The summed E-state index contributed by atoms with van der Waals surface area (Å²) >= 11 is 6.11. The number of halogens is 1. The molecule has 0 radical (unpaired) electrons. The fraction of sp³-hybridized carbons (Fsp3) is 0.500. The van der Waals surface area contributed by atoms with Crippen LogP contribution in [0.4, 0.5) is 5.69 Å². The fourth-order valence-electron chi connectivity index (χ4n) is 2.90. The van der Waals surface area contributed by atoms with Crippen LogP contribution in [0.1, 0.15) is 30.1 Å². The number of carbonyl (C=O) groups is 1. The molecule has 1 aromatic carbocycles. The molecule has 1 amide bonds. The van der Waals surface area contributed by atoms with Gasteiger partial charge in [-0.1, -0.05) is 24.6 Å². The Bertz CT molecular complexity index is 478. The molecule has 2 atom stereocenters. The Balaban J connectivity index is 2.45. The van der Waals surface area contributed by atoms with E-state index in [0.29, 0.717) is 23.0 Å². The number of rotatable bonds is 3. The summed E-state index contributed by atoms with van der Waals surface area (Å²) in [5.41, 5.74) is 12.6. The molecular weight excluding hydrogens is 262 g/mol. The number of benzene rings is 1. The van der Waals surface area contributed by atoms with Crippen molar-refractivity contribution in [2.24, 2.45) is 17.4 Å². The Morgan fingerprint density at radius 3 is 2.89 bits per heavy atom. The van der Waals surface area contributed by atoms with Gasteiger partial charge in [0.1, 0.15) is 0 Å². The summed E-state index contributed by atoms with van der Waals surface area (Å²) in [6.07, 6.45) is 2.24. The van der Waals surface area contributed by atoms with Crippen molar-refractivity contribution < 1.29 is 4.79 Å². The minimum Gasteiger partial charge on any atom is -0.366 e. The predicted octanol–water partition coefficient (Wildman–Crippen LogP) is 2.00. The molecule has 0 aliphatic carbocycles. The van der Waals surface area contributed by atoms with E-state index < -0.39 is 5.91 Å². The van der Waals surface area contributed by atoms with Crippen LogP contribution >= 0.6 is 11.6 Å². The van der Waals surface area contributed by atoms with Crippen molar-refractivity contribution in [3.8, 4) is 0 Å². The molecule has 0 saturated carbocycles. The van der Waals surface area contributed by atoms with E-state index in [4.69, 9.17) is 23.1 Å². The van der Waals surface area contributed by atoms with Crippen molar-refractivity contribution in [1.29, 1.82) is 0 Å². The van der Waals surface area contributed by atoms with Crippen LogP contribution in [0.25, 0.3) is 0 Å². The van der Waals surface area contributed by atoms with Crippen LogP contribution in [-0.4, -0.2) is 25.0 Å². The molecule has 5 heteroatoms. The maximum Gasteiger partial charge on any atom is 0.252 e. The third kappa shape index (κ3) is 2.69. The Kier molecular flexibility index (Phi) is 4.32. The lowest BCUT2D eigenvalue weighted by Crippen LogP contribution is -2.49. The minimum atomic E-state index is -0.491. The SMILES string of the molecule is CC1CCCN(c2cccc(Cl)c2C(N)=O)C1CN. The first kappa shape index (κ1) is 14.2. The zero-order valence-electron chi connectivity index (χ0n) is 11.1. The lowest BCUT2D eigenvalue weighted by Gasteiger charge is -2.41. The minimum absolute atomic E-state index is 0.227. The van der Waals surface area contributed by atoms with Crippen LogP contribution in [0.2, 0.25) is 5.02 Å². The molecule has 1 aliphatic heterocycles. The Hall–Kier alpha value is -1.26. The molecule has 0 spiro atoms. The number of anilines is 1. The van der Waals surface area contributed by atoms with Crippen molar-refractivity contribution in [3.63, 3.8) is 0 Å². The maximum absolute atomic E-state index is 11.6. The van der Waals surface area contributed by atoms with Gasteiger partial charge >= 0.3 is 0 Å². The van der Waals surface area contributed by atoms with Crippen molar-refractivity contribution in [2.45, 2.75) is 25.8 Å². The van der Waals surface area contributed by atoms with Gasteiger partial charge in [0.2, 0.25) is 0 Å². The monoisotopic (exact) mass is 281 g/mol. The Morgan fingerprint density at radius 1 is 1.53 bits per heavy atom. The van der Waals surface area contributed by atoms with Crippen LogP contribution in [-0.2, 0) is 0 Å². The second-order valence-corrected chi connectivity index (χ2v) is 5.52. The molecule has 2 rings (SSSR count). The van der Waals surface area contributed by atoms with E-state index in [1.54, 1.807) is 6.07 Å². The van der Waals surface area contributed by atoms with E-state index in [2.05, 4.69) is 11.8 Å². The Labute approximate surface area is 118 Å². The average molecular weight is 282 g/mol. The van der Waals surface area contributed by atoms with Crippen LogP contribution < -0.4 is 16.4 Å². The van der Waals surface area contributed by atoms with E-state index in [0.717, 1.165) is 25.1 Å². The van der Waals surface area contributed by atoms with Gasteiger partial charge in [-0.15, -0.1) is 0 Å². The first-order valence-electron chi connectivity index (χ1n) is 6.61. The summed E-state index contributed by atoms with van der Waals surface area (Å²) in [6.45, 7) is 3.64. The summed E-state index contributed by atoms with van der Waals surface area (Å²) in [5, 5.41) is 0.402. The highest BCUT2D eigenvalue weighted by Crippen LogP contribution is 2.33. The average Bonchev–Trinajstić information content (AvgIpc) is 2.37. The lowest BCUT2D eigenvalue weighted by molar-refractivity contribution is 0.100. The highest BCUT2D eigenvalue weighted by molar-refractivity contribution is 6.34. The van der Waals surface area contributed by atoms with Gasteiger partial charge in [-0.3, -0.25) is 4.79 Å². The van der Waals surface area contributed by atoms with Gasteiger partial charge in [0.25, 0.3) is 5.91 Å². The molecule has 2 unspecified atom stereocenters. The number of hydrogen-bond acceptors (Lipinski definition) is 3. The van der Waals surface area contributed by atoms with Gasteiger partial charge in [0.05, 0.1) is 16.3 Å². The van der Waals surface area contributed by atoms with Crippen molar-refractivity contribution in [1.82, 2.24) is 0 Å². The first-order valence-corrected chi connectivity index (χ1v) is 6.99. The zero-order valence-corrected chi connectivity index (χ0v) is 11.9. The number of primary amides is 1. The van der Waals surface area contributed by atoms with E-state index in [-0.39, 0.29) is 6.04 Å². The van der Waals surface area contributed by atoms with Gasteiger partial charge in [-0.2, -0.15) is 0 Å². The summed E-state index contributed by atoms with van der Waals surface area (Å²) in [5.74, 6) is 0.00746. The molecule has 1 aliphatic rings. The number of carbonyl (C=O) groups excluding carboxylic acids is 1. The number of piperidine rings is 1. The highest BCUT2D eigenvalue weighted by atomic mass is 35.5. The second-order valence-electron chi connectivity index (χ2n) is 5.11. The van der Waals surface area contributed by atoms with E-state index in [1.807, 2.05) is 12.1 Å².